The zero-order valence-electron chi connectivity index (χ0n) is 16.8. The van der Waals surface area contributed by atoms with E-state index < -0.39 is 0 Å². The molecule has 0 radical (unpaired) electrons. The minimum absolute atomic E-state index is 0.110. The number of rotatable bonds is 6. The summed E-state index contributed by atoms with van der Waals surface area (Å²) in [6, 6.07) is 15.1. The van der Waals surface area contributed by atoms with Crippen molar-refractivity contribution in [1.29, 1.82) is 0 Å². The quantitative estimate of drug-likeness (QED) is 0.356. The zero-order valence-corrected chi connectivity index (χ0v) is 17.6. The normalized spacial score (nSPS) is 12.8. The number of benzene rings is 2. The molecule has 1 heterocycles. The second-order valence-electron chi connectivity index (χ2n) is 7.84. The molecule has 28 heavy (non-hydrogen) atoms. The van der Waals surface area contributed by atoms with Crippen LogP contribution < -0.4 is 0 Å². The summed E-state index contributed by atoms with van der Waals surface area (Å²) in [5, 5.41) is 9.82. The highest BCUT2D eigenvalue weighted by molar-refractivity contribution is 7.99. The second-order valence-corrected chi connectivity index (χ2v) is 9.15. The summed E-state index contributed by atoms with van der Waals surface area (Å²) in [5.41, 5.74) is 3.48. The molecule has 0 aliphatic heterocycles. The largest absolute Gasteiger partial charge is 0.298 e. The minimum atomic E-state index is -0.225. The molecule has 2 aromatic carbocycles. The number of allylic oxidation sites excluding steroid dienone is 1. The van der Waals surface area contributed by atoms with E-state index in [9.17, 15) is 4.39 Å². The fraction of sp³-hybridized carbons (Fsp3) is 0.304. The van der Waals surface area contributed by atoms with E-state index in [0.717, 1.165) is 22.1 Å². The van der Waals surface area contributed by atoms with Crippen molar-refractivity contribution in [2.24, 2.45) is 0 Å². The van der Waals surface area contributed by atoms with Crippen LogP contribution in [0, 0.1) is 5.82 Å². The molecule has 0 amide bonds. The first-order valence-corrected chi connectivity index (χ1v) is 10.2. The summed E-state index contributed by atoms with van der Waals surface area (Å²) in [4.78, 5) is 0. The van der Waals surface area contributed by atoms with E-state index in [4.69, 9.17) is 0 Å². The molecule has 0 saturated heterocycles. The van der Waals surface area contributed by atoms with Gasteiger partial charge in [0, 0.05) is 17.4 Å². The van der Waals surface area contributed by atoms with E-state index in [2.05, 4.69) is 73.3 Å². The van der Waals surface area contributed by atoms with Gasteiger partial charge in [0.15, 0.2) is 11.0 Å². The van der Waals surface area contributed by atoms with Gasteiger partial charge in [0.2, 0.25) is 0 Å². The van der Waals surface area contributed by atoms with Gasteiger partial charge >= 0.3 is 0 Å². The molecule has 3 rings (SSSR count). The number of hydrogen-bond acceptors (Lipinski definition) is 3. The Labute approximate surface area is 170 Å². The minimum Gasteiger partial charge on any atom is -0.298 e. The summed E-state index contributed by atoms with van der Waals surface area (Å²) in [6.45, 7) is 13.2. The van der Waals surface area contributed by atoms with Crippen LogP contribution in [0.2, 0.25) is 0 Å². The lowest BCUT2D eigenvalue weighted by atomic mass is 9.87. The van der Waals surface area contributed by atoms with Crippen molar-refractivity contribution in [3.05, 3.63) is 78.1 Å². The van der Waals surface area contributed by atoms with Crippen LogP contribution >= 0.6 is 11.8 Å². The molecular formula is C23H26FN3S. The van der Waals surface area contributed by atoms with Gasteiger partial charge in [-0.05, 0) is 35.6 Å². The summed E-state index contributed by atoms with van der Waals surface area (Å²) in [6.07, 6.45) is 1.85. The number of thioether (sulfide) groups is 1. The Morgan fingerprint density at radius 1 is 1.07 bits per heavy atom. The SMILES string of the molecule is C=CCn1c(S[C@H](C)c2ccc(F)cc2)nnc1-c1ccc(C(C)(C)C)cc1. The number of aromatic nitrogens is 3. The molecule has 0 aliphatic rings. The monoisotopic (exact) mass is 395 g/mol. The maximum atomic E-state index is 13.2. The maximum absolute atomic E-state index is 13.2. The Kier molecular flexibility index (Phi) is 6.04. The third kappa shape index (κ3) is 4.53. The van der Waals surface area contributed by atoms with Crippen molar-refractivity contribution in [1.82, 2.24) is 14.8 Å². The zero-order chi connectivity index (χ0) is 20.3. The molecular weight excluding hydrogens is 369 g/mol. The summed E-state index contributed by atoms with van der Waals surface area (Å²) in [7, 11) is 0. The average molecular weight is 396 g/mol. The Hall–Kier alpha value is -2.40. The van der Waals surface area contributed by atoms with Gasteiger partial charge in [-0.15, -0.1) is 16.8 Å². The molecule has 5 heteroatoms. The maximum Gasteiger partial charge on any atom is 0.192 e. The van der Waals surface area contributed by atoms with Gasteiger partial charge in [-0.25, -0.2) is 4.39 Å². The highest BCUT2D eigenvalue weighted by atomic mass is 32.2. The lowest BCUT2D eigenvalue weighted by Gasteiger charge is -2.19. The van der Waals surface area contributed by atoms with E-state index in [1.807, 2.05) is 18.2 Å². The number of hydrogen-bond donors (Lipinski definition) is 0. The molecule has 3 nitrogen and oxygen atoms in total. The number of nitrogens with zero attached hydrogens (tertiary/aromatic N) is 3. The lowest BCUT2D eigenvalue weighted by Crippen LogP contribution is -2.10. The molecule has 0 aliphatic carbocycles. The molecule has 3 aromatic rings. The Morgan fingerprint density at radius 3 is 2.29 bits per heavy atom. The predicted molar refractivity (Wildman–Crippen MR) is 115 cm³/mol. The molecule has 146 valence electrons. The third-order valence-electron chi connectivity index (χ3n) is 4.66. The summed E-state index contributed by atoms with van der Waals surface area (Å²) < 4.78 is 15.3. The van der Waals surface area contributed by atoms with E-state index in [1.165, 1.54) is 17.7 Å². The van der Waals surface area contributed by atoms with E-state index in [-0.39, 0.29) is 16.5 Å². The van der Waals surface area contributed by atoms with Crippen LogP contribution in [0.25, 0.3) is 11.4 Å². The fourth-order valence-electron chi connectivity index (χ4n) is 2.96. The Morgan fingerprint density at radius 2 is 1.71 bits per heavy atom. The van der Waals surface area contributed by atoms with Gasteiger partial charge in [0.05, 0.1) is 0 Å². The van der Waals surface area contributed by atoms with E-state index >= 15 is 0 Å². The highest BCUT2D eigenvalue weighted by Crippen LogP contribution is 2.35. The van der Waals surface area contributed by atoms with E-state index in [0.29, 0.717) is 6.54 Å². The van der Waals surface area contributed by atoms with Crippen molar-refractivity contribution in [2.75, 3.05) is 0 Å². The molecule has 0 fully saturated rings. The molecule has 0 N–H and O–H groups in total. The Bertz CT molecular complexity index is 937. The second kappa shape index (κ2) is 8.31. The van der Waals surface area contributed by atoms with Crippen molar-refractivity contribution in [2.45, 2.75) is 50.1 Å². The van der Waals surface area contributed by atoms with Crippen LogP contribution in [0.4, 0.5) is 4.39 Å². The number of halogens is 1. The first kappa shape index (κ1) is 20.3. The Balaban J connectivity index is 1.89. The summed E-state index contributed by atoms with van der Waals surface area (Å²) in [5.74, 6) is 0.603. The van der Waals surface area contributed by atoms with Gasteiger partial charge in [-0.1, -0.05) is 75.0 Å². The van der Waals surface area contributed by atoms with Crippen LogP contribution in [0.1, 0.15) is 44.1 Å². The molecule has 0 bridgehead atoms. The van der Waals surface area contributed by atoms with Crippen LogP contribution in [-0.4, -0.2) is 14.8 Å². The van der Waals surface area contributed by atoms with Gasteiger partial charge in [-0.3, -0.25) is 4.57 Å². The van der Waals surface area contributed by atoms with Crippen molar-refractivity contribution < 1.29 is 4.39 Å². The first-order chi connectivity index (χ1) is 13.3. The first-order valence-electron chi connectivity index (χ1n) is 9.36. The molecule has 1 atom stereocenters. The molecule has 0 spiro atoms. The summed E-state index contributed by atoms with van der Waals surface area (Å²) >= 11 is 1.61. The van der Waals surface area contributed by atoms with Crippen molar-refractivity contribution in [3.8, 4) is 11.4 Å². The lowest BCUT2D eigenvalue weighted by molar-refractivity contribution is 0.590. The molecule has 1 aromatic heterocycles. The van der Waals surface area contributed by atoms with Gasteiger partial charge in [-0.2, -0.15) is 0 Å². The van der Waals surface area contributed by atoms with Crippen molar-refractivity contribution in [3.63, 3.8) is 0 Å². The van der Waals surface area contributed by atoms with Gasteiger partial charge < -0.3 is 0 Å². The smallest absolute Gasteiger partial charge is 0.192 e. The molecule has 0 saturated carbocycles. The fourth-order valence-corrected chi connectivity index (χ4v) is 3.95. The van der Waals surface area contributed by atoms with Crippen molar-refractivity contribution >= 4 is 11.8 Å². The highest BCUT2D eigenvalue weighted by Gasteiger charge is 2.18. The van der Waals surface area contributed by atoms with E-state index in [1.54, 1.807) is 11.8 Å². The van der Waals surface area contributed by atoms with Crippen LogP contribution in [0.15, 0.2) is 66.3 Å². The topological polar surface area (TPSA) is 30.7 Å². The van der Waals surface area contributed by atoms with Crippen LogP contribution in [-0.2, 0) is 12.0 Å². The predicted octanol–water partition coefficient (Wildman–Crippen LogP) is 6.42. The molecule has 0 unspecified atom stereocenters. The van der Waals surface area contributed by atoms with Gasteiger partial charge in [0.1, 0.15) is 5.82 Å². The van der Waals surface area contributed by atoms with Crippen LogP contribution in [0.3, 0.4) is 0 Å². The average Bonchev–Trinajstić information content (AvgIpc) is 3.04. The standard InChI is InChI=1S/C23H26FN3S/c1-6-15-27-21(18-7-11-19(12-8-18)23(3,4)5)25-26-22(27)28-16(2)17-9-13-20(24)14-10-17/h6-14,16H,1,15H2,2-5H3/t16-/m1/s1. The van der Waals surface area contributed by atoms with Crippen LogP contribution in [0.5, 0.6) is 0 Å². The van der Waals surface area contributed by atoms with Gasteiger partial charge in [0.25, 0.3) is 0 Å². The third-order valence-corrected chi connectivity index (χ3v) is 5.80.